The van der Waals surface area contributed by atoms with Crippen molar-refractivity contribution in [1.82, 2.24) is 10.2 Å². The Bertz CT molecular complexity index is 191. The number of aliphatic hydroxyl groups excluding tert-OH is 1. The van der Waals surface area contributed by atoms with Crippen LogP contribution in [0.1, 0.15) is 34.6 Å². The van der Waals surface area contributed by atoms with E-state index in [9.17, 15) is 9.90 Å². The fourth-order valence-corrected chi connectivity index (χ4v) is 1.21. The van der Waals surface area contributed by atoms with Gasteiger partial charge in [-0.25, -0.2) is 4.79 Å². The van der Waals surface area contributed by atoms with Crippen molar-refractivity contribution >= 4 is 6.03 Å². The van der Waals surface area contributed by atoms with E-state index in [0.717, 1.165) is 0 Å². The van der Waals surface area contributed by atoms with E-state index in [1.54, 1.807) is 11.8 Å². The first-order valence-electron chi connectivity index (χ1n) is 5.57. The molecule has 1 atom stereocenters. The van der Waals surface area contributed by atoms with E-state index in [1.807, 2.05) is 13.8 Å². The van der Waals surface area contributed by atoms with Crippen molar-refractivity contribution in [2.75, 3.05) is 13.1 Å². The lowest BCUT2D eigenvalue weighted by Crippen LogP contribution is -2.47. The zero-order valence-electron chi connectivity index (χ0n) is 10.4. The second kappa shape index (κ2) is 6.67. The van der Waals surface area contributed by atoms with Crippen LogP contribution in [0.25, 0.3) is 0 Å². The lowest BCUT2D eigenvalue weighted by molar-refractivity contribution is 0.118. The highest BCUT2D eigenvalue weighted by atomic mass is 16.3. The first-order valence-corrected chi connectivity index (χ1v) is 5.57. The smallest absolute Gasteiger partial charge is 0.317 e. The molecule has 1 unspecified atom stereocenters. The first-order chi connectivity index (χ1) is 6.84. The molecule has 0 bridgehead atoms. The average molecular weight is 216 g/mol. The molecule has 0 radical (unpaired) electrons. The van der Waals surface area contributed by atoms with Crippen LogP contribution in [0, 0.1) is 5.92 Å². The minimum atomic E-state index is -0.489. The van der Waals surface area contributed by atoms with E-state index >= 15 is 0 Å². The molecule has 0 saturated heterocycles. The van der Waals surface area contributed by atoms with Gasteiger partial charge in [0, 0.05) is 19.1 Å². The number of rotatable bonds is 5. The third-order valence-electron chi connectivity index (χ3n) is 2.01. The van der Waals surface area contributed by atoms with Crippen molar-refractivity contribution in [1.29, 1.82) is 0 Å². The van der Waals surface area contributed by atoms with Gasteiger partial charge in [-0.1, -0.05) is 13.8 Å². The third kappa shape index (κ3) is 6.33. The second-order valence-electron chi connectivity index (χ2n) is 4.68. The molecule has 15 heavy (non-hydrogen) atoms. The fourth-order valence-electron chi connectivity index (χ4n) is 1.21. The molecular formula is C11H24N2O2. The number of nitrogens with one attached hydrogen (secondary N) is 1. The zero-order chi connectivity index (χ0) is 12.0. The van der Waals surface area contributed by atoms with E-state index < -0.39 is 6.10 Å². The number of nitrogens with zero attached hydrogens (tertiary/aromatic N) is 1. The van der Waals surface area contributed by atoms with E-state index in [0.29, 0.717) is 19.0 Å². The predicted molar refractivity (Wildman–Crippen MR) is 61.8 cm³/mol. The summed E-state index contributed by atoms with van der Waals surface area (Å²) in [7, 11) is 0. The van der Waals surface area contributed by atoms with Crippen molar-refractivity contribution < 1.29 is 9.90 Å². The number of urea groups is 1. The van der Waals surface area contributed by atoms with Crippen LogP contribution < -0.4 is 5.32 Å². The Morgan fingerprint density at radius 1 is 1.27 bits per heavy atom. The van der Waals surface area contributed by atoms with Crippen molar-refractivity contribution in [3.8, 4) is 0 Å². The molecule has 90 valence electrons. The van der Waals surface area contributed by atoms with E-state index in [-0.39, 0.29) is 12.1 Å². The summed E-state index contributed by atoms with van der Waals surface area (Å²) in [6, 6.07) is 0.00589. The minimum absolute atomic E-state index is 0.0976. The Labute approximate surface area is 92.7 Å². The van der Waals surface area contributed by atoms with E-state index in [2.05, 4.69) is 19.2 Å². The van der Waals surface area contributed by atoms with Crippen LogP contribution in [0.5, 0.6) is 0 Å². The maximum absolute atomic E-state index is 11.7. The summed E-state index contributed by atoms with van der Waals surface area (Å²) in [5.41, 5.74) is 0. The van der Waals surface area contributed by atoms with Gasteiger partial charge in [-0.15, -0.1) is 0 Å². The van der Waals surface area contributed by atoms with Crippen LogP contribution >= 0.6 is 0 Å². The van der Waals surface area contributed by atoms with E-state index in [4.69, 9.17) is 0 Å². The Morgan fingerprint density at radius 2 is 1.80 bits per heavy atom. The van der Waals surface area contributed by atoms with Gasteiger partial charge in [0.2, 0.25) is 0 Å². The summed E-state index contributed by atoms with van der Waals surface area (Å²) in [5.74, 6) is 0.439. The van der Waals surface area contributed by atoms with Gasteiger partial charge >= 0.3 is 6.03 Å². The zero-order valence-corrected chi connectivity index (χ0v) is 10.4. The number of amides is 2. The molecule has 2 N–H and O–H groups in total. The highest BCUT2D eigenvalue weighted by Crippen LogP contribution is 2.01. The molecule has 4 heteroatoms. The van der Waals surface area contributed by atoms with Gasteiger partial charge in [0.25, 0.3) is 0 Å². The summed E-state index contributed by atoms with van der Waals surface area (Å²) in [6.07, 6.45) is -0.489. The monoisotopic (exact) mass is 216 g/mol. The first kappa shape index (κ1) is 14.2. The maximum atomic E-state index is 11.7. The van der Waals surface area contributed by atoms with Crippen LogP contribution in [-0.4, -0.2) is 41.3 Å². The molecule has 4 nitrogen and oxygen atoms in total. The minimum Gasteiger partial charge on any atom is -0.392 e. The lowest BCUT2D eigenvalue weighted by Gasteiger charge is -2.28. The summed E-state index contributed by atoms with van der Waals surface area (Å²) in [4.78, 5) is 13.4. The van der Waals surface area contributed by atoms with Crippen LogP contribution in [-0.2, 0) is 0 Å². The SMILES string of the molecule is CC(C)CNC(=O)N(CC(C)O)C(C)C. The second-order valence-corrected chi connectivity index (χ2v) is 4.68. The highest BCUT2D eigenvalue weighted by Gasteiger charge is 2.18. The standard InChI is InChI=1S/C11H24N2O2/c1-8(2)6-12-11(15)13(9(3)4)7-10(5)14/h8-10,14H,6-7H2,1-5H3,(H,12,15). The Morgan fingerprint density at radius 3 is 2.13 bits per heavy atom. The van der Waals surface area contributed by atoms with Gasteiger partial charge in [-0.2, -0.15) is 0 Å². The molecule has 0 aliphatic rings. The molecule has 0 saturated carbocycles. The van der Waals surface area contributed by atoms with Gasteiger partial charge in [0.1, 0.15) is 0 Å². The van der Waals surface area contributed by atoms with Gasteiger partial charge in [0.05, 0.1) is 6.10 Å². The highest BCUT2D eigenvalue weighted by molar-refractivity contribution is 5.74. The third-order valence-corrected chi connectivity index (χ3v) is 2.01. The number of carbonyl (C=O) groups excluding carboxylic acids is 1. The van der Waals surface area contributed by atoms with Crippen molar-refractivity contribution in [2.45, 2.75) is 46.8 Å². The fraction of sp³-hybridized carbons (Fsp3) is 0.909. The summed E-state index contributed by atoms with van der Waals surface area (Å²) in [5, 5.41) is 12.1. The molecule has 0 spiro atoms. The topological polar surface area (TPSA) is 52.6 Å². The maximum Gasteiger partial charge on any atom is 0.317 e. The summed E-state index contributed by atoms with van der Waals surface area (Å²) in [6.45, 7) is 10.7. The molecule has 0 aromatic rings. The normalized spacial score (nSPS) is 13.1. The van der Waals surface area contributed by atoms with Crippen molar-refractivity contribution in [3.05, 3.63) is 0 Å². The van der Waals surface area contributed by atoms with Crippen molar-refractivity contribution in [3.63, 3.8) is 0 Å². The van der Waals surface area contributed by atoms with Crippen LogP contribution in [0.4, 0.5) is 4.79 Å². The molecule has 0 fully saturated rings. The van der Waals surface area contributed by atoms with Crippen LogP contribution in [0.2, 0.25) is 0 Å². The van der Waals surface area contributed by atoms with Crippen molar-refractivity contribution in [2.24, 2.45) is 5.92 Å². The molecular weight excluding hydrogens is 192 g/mol. The lowest BCUT2D eigenvalue weighted by atomic mass is 10.2. The molecule has 0 heterocycles. The van der Waals surface area contributed by atoms with Gasteiger partial charge < -0.3 is 15.3 Å². The largest absolute Gasteiger partial charge is 0.392 e. The molecule has 0 aliphatic heterocycles. The average Bonchev–Trinajstić information content (AvgIpc) is 2.09. The van der Waals surface area contributed by atoms with Crippen LogP contribution in [0.3, 0.4) is 0 Å². The number of carbonyl (C=O) groups is 1. The van der Waals surface area contributed by atoms with Gasteiger partial charge in [-0.05, 0) is 26.7 Å². The Kier molecular flexibility index (Phi) is 6.32. The number of aliphatic hydroxyl groups is 1. The molecule has 0 aliphatic carbocycles. The quantitative estimate of drug-likeness (QED) is 0.730. The Balaban J connectivity index is 4.17. The predicted octanol–water partition coefficient (Wildman–Crippen LogP) is 1.44. The number of hydrogen-bond donors (Lipinski definition) is 2. The summed E-state index contributed by atoms with van der Waals surface area (Å²) < 4.78 is 0. The van der Waals surface area contributed by atoms with Crippen LogP contribution in [0.15, 0.2) is 0 Å². The molecule has 2 amide bonds. The molecule has 0 aromatic heterocycles. The van der Waals surface area contributed by atoms with E-state index in [1.165, 1.54) is 0 Å². The molecule has 0 aromatic carbocycles. The Hall–Kier alpha value is -0.770. The summed E-state index contributed by atoms with van der Waals surface area (Å²) >= 11 is 0. The molecule has 0 rings (SSSR count). The van der Waals surface area contributed by atoms with Gasteiger partial charge in [-0.3, -0.25) is 0 Å². The van der Waals surface area contributed by atoms with Gasteiger partial charge in [0.15, 0.2) is 0 Å². The number of hydrogen-bond acceptors (Lipinski definition) is 2.